The molecule has 1 saturated heterocycles. The summed E-state index contributed by atoms with van der Waals surface area (Å²) in [6, 6.07) is 24.2. The van der Waals surface area contributed by atoms with Crippen LogP contribution in [-0.2, 0) is 27.3 Å². The monoisotopic (exact) mass is 787 g/mol. The Kier molecular flexibility index (Phi) is 9.97. The van der Waals surface area contributed by atoms with Gasteiger partial charge in [0.2, 0.25) is 5.78 Å². The zero-order valence-electron chi connectivity index (χ0n) is 34.3. The van der Waals surface area contributed by atoms with E-state index in [9.17, 15) is 19.8 Å². The standard InChI is InChI=1S/C49H57NO6S/c1-31-11-10-23-46(5)40(38-20-18-33(27-36(51)19-16-31)28-39(38)42(52)41-21-17-32(2)57-41)22-24-48(46,55)30-50(29-35-14-9-13-34-12-7-8-15-37(34)35)43(53)49-26-25-47(6,44(54)56-49)45(49,3)4/h7-9,11-15,17-18,20-21,28,36,40,51,55H,10,16,19,22-27,29-30H2,1-6H3/t36-,40-,46-,47-,48+,49+/m0/s1. The molecule has 2 heterocycles. The molecule has 2 saturated carbocycles. The second-order valence-electron chi connectivity index (χ2n) is 18.7. The maximum absolute atomic E-state index is 15.5. The average molecular weight is 788 g/mol. The largest absolute Gasteiger partial charge is 0.448 e. The van der Waals surface area contributed by atoms with Gasteiger partial charge >= 0.3 is 5.97 Å². The summed E-state index contributed by atoms with van der Waals surface area (Å²) in [4.78, 5) is 47.0. The van der Waals surface area contributed by atoms with Crippen molar-refractivity contribution >= 4 is 39.8 Å². The van der Waals surface area contributed by atoms with Crippen molar-refractivity contribution < 1.29 is 29.3 Å². The predicted molar refractivity (Wildman–Crippen MR) is 225 cm³/mol. The molecule has 6 atom stereocenters. The highest BCUT2D eigenvalue weighted by molar-refractivity contribution is 7.14. The summed E-state index contributed by atoms with van der Waals surface area (Å²) in [6.45, 7) is 12.5. The highest BCUT2D eigenvalue weighted by atomic mass is 32.1. The molecule has 3 fully saturated rings. The molecule has 0 unspecified atom stereocenters. The van der Waals surface area contributed by atoms with E-state index in [-0.39, 0.29) is 36.7 Å². The molecule has 8 heteroatoms. The van der Waals surface area contributed by atoms with Crippen molar-refractivity contribution in [3.05, 3.63) is 116 Å². The fourth-order valence-corrected chi connectivity index (χ4v) is 11.8. The van der Waals surface area contributed by atoms with E-state index in [1.54, 1.807) is 4.90 Å². The molecule has 4 bridgehead atoms. The van der Waals surface area contributed by atoms with Gasteiger partial charge in [-0.1, -0.05) is 87.0 Å². The second kappa shape index (κ2) is 14.3. The van der Waals surface area contributed by atoms with Gasteiger partial charge in [-0.05, 0) is 130 Å². The lowest BCUT2D eigenvalue weighted by Gasteiger charge is -2.47. The minimum Gasteiger partial charge on any atom is -0.448 e. The minimum atomic E-state index is -1.35. The molecule has 1 amide bonds. The van der Waals surface area contributed by atoms with Crippen molar-refractivity contribution in [1.29, 1.82) is 0 Å². The number of carbonyl (C=O) groups is 3. The molecule has 0 radical (unpaired) electrons. The lowest BCUT2D eigenvalue weighted by atomic mass is 9.64. The Hall–Kier alpha value is -4.11. The number of allylic oxidation sites excluding steroid dienone is 2. The third-order valence-electron chi connectivity index (χ3n) is 15.3. The van der Waals surface area contributed by atoms with E-state index in [1.807, 2.05) is 76.2 Å². The molecule has 0 spiro atoms. The van der Waals surface area contributed by atoms with Crippen molar-refractivity contribution in [1.82, 2.24) is 4.90 Å². The van der Waals surface area contributed by atoms with E-state index in [0.29, 0.717) is 61.8 Å². The van der Waals surface area contributed by atoms with E-state index in [1.165, 1.54) is 16.9 Å². The van der Waals surface area contributed by atoms with E-state index in [2.05, 4.69) is 44.2 Å². The number of aliphatic hydroxyl groups is 2. The zero-order chi connectivity index (χ0) is 40.5. The molecule has 1 aliphatic heterocycles. The van der Waals surface area contributed by atoms with Gasteiger partial charge in [0.15, 0.2) is 5.60 Å². The van der Waals surface area contributed by atoms with E-state index in [4.69, 9.17) is 4.74 Å². The summed E-state index contributed by atoms with van der Waals surface area (Å²) in [5, 5.41) is 26.6. The van der Waals surface area contributed by atoms with E-state index < -0.39 is 33.6 Å². The number of hydrogen-bond acceptors (Lipinski definition) is 7. The van der Waals surface area contributed by atoms with Crippen molar-refractivity contribution in [3.8, 4) is 0 Å². The number of fused-ring (bicyclic) bond motifs is 11. The van der Waals surface area contributed by atoms with Gasteiger partial charge < -0.3 is 19.8 Å². The summed E-state index contributed by atoms with van der Waals surface area (Å²) in [5.41, 5.74) is -0.378. The number of aryl methyl sites for hydroxylation is 1. The number of ether oxygens (including phenoxy) is 1. The van der Waals surface area contributed by atoms with Crippen molar-refractivity contribution in [2.24, 2.45) is 16.2 Å². The SMILES string of the molecule is CC1=CCC[C@@]2(C)[C@@H](CC[C@@]2(O)CN(Cc2cccc3ccccc23)C(=O)[C@@]23CC[C@@](C)(C(=O)O2)C3(C)C)c2ccc(cc2C(=O)c2ccc(C)s2)C[C@@H](O)CC1. The fourth-order valence-electron chi connectivity index (χ4n) is 11.0. The second-order valence-corrected chi connectivity index (χ2v) is 19.9. The third kappa shape index (κ3) is 6.33. The Bertz CT molecular complexity index is 2280. The predicted octanol–water partition coefficient (Wildman–Crippen LogP) is 9.63. The van der Waals surface area contributed by atoms with Gasteiger partial charge in [0.1, 0.15) is 0 Å². The number of carbonyl (C=O) groups excluding carboxylic acids is 3. The number of amides is 1. The maximum atomic E-state index is 15.5. The van der Waals surface area contributed by atoms with Gasteiger partial charge in [0.05, 0.1) is 28.5 Å². The van der Waals surface area contributed by atoms with Gasteiger partial charge in [-0.2, -0.15) is 0 Å². The number of thiophene rings is 1. The van der Waals surface area contributed by atoms with Gasteiger partial charge in [0.25, 0.3) is 5.91 Å². The summed E-state index contributed by atoms with van der Waals surface area (Å²) in [5.74, 6) is -0.812. The highest BCUT2D eigenvalue weighted by Crippen LogP contribution is 2.66. The number of aliphatic hydroxyl groups excluding tert-OH is 1. The molecule has 4 aliphatic carbocycles. The van der Waals surface area contributed by atoms with Crippen LogP contribution in [0.15, 0.2) is 84.4 Å². The topological polar surface area (TPSA) is 104 Å². The number of rotatable bonds is 7. The first-order chi connectivity index (χ1) is 27.0. The molecular formula is C49H57NO6S. The average Bonchev–Trinajstić information content (AvgIpc) is 3.83. The van der Waals surface area contributed by atoms with Crippen molar-refractivity contribution in [2.45, 2.75) is 129 Å². The first-order valence-electron chi connectivity index (χ1n) is 20.8. The third-order valence-corrected chi connectivity index (χ3v) is 16.3. The van der Waals surface area contributed by atoms with Gasteiger partial charge in [-0.25, -0.2) is 0 Å². The Morgan fingerprint density at radius 2 is 1.68 bits per heavy atom. The molecule has 3 aromatic carbocycles. The molecule has 4 aromatic rings. The summed E-state index contributed by atoms with van der Waals surface area (Å²) in [6.07, 6.45) is 6.92. The Morgan fingerprint density at radius 1 is 0.912 bits per heavy atom. The van der Waals surface area contributed by atoms with E-state index in [0.717, 1.165) is 38.8 Å². The number of hydrogen-bond donors (Lipinski definition) is 2. The van der Waals surface area contributed by atoms with Crippen LogP contribution in [-0.4, -0.2) is 56.6 Å². The maximum Gasteiger partial charge on any atom is 0.313 e. The minimum absolute atomic E-state index is 0.0403. The van der Waals surface area contributed by atoms with Crippen LogP contribution >= 0.6 is 11.3 Å². The van der Waals surface area contributed by atoms with Crippen LogP contribution in [0, 0.1) is 23.2 Å². The highest BCUT2D eigenvalue weighted by Gasteiger charge is 2.76. The Morgan fingerprint density at radius 3 is 2.40 bits per heavy atom. The van der Waals surface area contributed by atoms with Crippen LogP contribution in [0.5, 0.6) is 0 Å². The summed E-state index contributed by atoms with van der Waals surface area (Å²) in [7, 11) is 0. The Labute approximate surface area is 341 Å². The lowest BCUT2D eigenvalue weighted by Crippen LogP contribution is -2.60. The van der Waals surface area contributed by atoms with Crippen molar-refractivity contribution in [2.75, 3.05) is 6.54 Å². The van der Waals surface area contributed by atoms with Gasteiger partial charge in [-0.15, -0.1) is 11.3 Å². The van der Waals surface area contributed by atoms with Crippen LogP contribution in [0.1, 0.15) is 129 Å². The quantitative estimate of drug-likeness (QED) is 0.110. The zero-order valence-corrected chi connectivity index (χ0v) is 35.1. The van der Waals surface area contributed by atoms with Crippen LogP contribution in [0.25, 0.3) is 10.8 Å². The summed E-state index contributed by atoms with van der Waals surface area (Å²) < 4.78 is 6.22. The molecular weight excluding hydrogens is 731 g/mol. The first-order valence-corrected chi connectivity index (χ1v) is 21.6. The molecule has 300 valence electrons. The smallest absolute Gasteiger partial charge is 0.313 e. The normalized spacial score (nSPS) is 30.8. The number of nitrogens with zero attached hydrogens (tertiary/aromatic N) is 1. The number of benzene rings is 3. The van der Waals surface area contributed by atoms with Crippen LogP contribution < -0.4 is 0 Å². The van der Waals surface area contributed by atoms with Crippen LogP contribution in [0.2, 0.25) is 0 Å². The lowest BCUT2D eigenvalue weighted by molar-refractivity contribution is -0.178. The molecule has 7 nitrogen and oxygen atoms in total. The van der Waals surface area contributed by atoms with Crippen molar-refractivity contribution in [3.63, 3.8) is 0 Å². The van der Waals surface area contributed by atoms with Gasteiger partial charge in [0, 0.05) is 27.8 Å². The fraction of sp³-hybridized carbons (Fsp3) is 0.490. The summed E-state index contributed by atoms with van der Waals surface area (Å²) >= 11 is 1.48. The number of ketones is 1. The van der Waals surface area contributed by atoms with Crippen LogP contribution in [0.3, 0.4) is 0 Å². The van der Waals surface area contributed by atoms with Crippen LogP contribution in [0.4, 0.5) is 0 Å². The molecule has 9 rings (SSSR count). The van der Waals surface area contributed by atoms with Gasteiger partial charge in [-0.3, -0.25) is 14.4 Å². The Balaban J connectivity index is 1.24. The molecule has 5 aliphatic rings. The first kappa shape index (κ1) is 39.7. The number of esters is 1. The molecule has 2 N–H and O–H groups in total. The molecule has 57 heavy (non-hydrogen) atoms. The molecule has 1 aromatic heterocycles. The van der Waals surface area contributed by atoms with E-state index >= 15 is 4.79 Å².